The molecule has 2 heterocycles. The molecule has 0 aliphatic carbocycles. The molecule has 1 aromatic carbocycles. The zero-order chi connectivity index (χ0) is 23.3. The summed E-state index contributed by atoms with van der Waals surface area (Å²) in [4.78, 5) is 11.3. The van der Waals surface area contributed by atoms with Crippen LogP contribution in [0.1, 0.15) is 47.0 Å². The fourth-order valence-corrected chi connectivity index (χ4v) is 7.15. The number of benzene rings is 1. The zero-order valence-corrected chi connectivity index (χ0v) is 21.1. The highest BCUT2D eigenvalue weighted by molar-refractivity contribution is 7.59. The Morgan fingerprint density at radius 2 is 1.62 bits per heavy atom. The normalized spacial score (nSPS) is 15.7. The molecule has 1 fully saturated rings. The topological polar surface area (TPSA) is 88.6 Å². The van der Waals surface area contributed by atoms with Gasteiger partial charge in [0.25, 0.3) is 0 Å². The average Bonchev–Trinajstić information content (AvgIpc) is 2.75. The Morgan fingerprint density at radius 3 is 2.19 bits per heavy atom. The van der Waals surface area contributed by atoms with E-state index in [0.717, 1.165) is 49.1 Å². The third-order valence-electron chi connectivity index (χ3n) is 5.82. The van der Waals surface area contributed by atoms with Crippen molar-refractivity contribution < 1.29 is 14.0 Å². The second-order valence-electron chi connectivity index (χ2n) is 9.17. The molecule has 0 saturated carbocycles. The Bertz CT molecular complexity index is 931. The molecule has 0 radical (unpaired) electrons. The summed E-state index contributed by atoms with van der Waals surface area (Å²) in [6.45, 7) is 10.0. The number of rotatable bonds is 10. The number of hydrogen-bond acceptors (Lipinski definition) is 6. The molecular weight excluding hydrogens is 425 g/mol. The van der Waals surface area contributed by atoms with Crippen LogP contribution in [0.2, 0.25) is 0 Å². The molecule has 0 spiro atoms. The summed E-state index contributed by atoms with van der Waals surface area (Å²) in [5.41, 5.74) is 0.843. The highest BCUT2D eigenvalue weighted by Gasteiger charge is 2.28. The van der Waals surface area contributed by atoms with Crippen molar-refractivity contribution in [1.29, 1.82) is 0 Å². The fourth-order valence-electron chi connectivity index (χ4n) is 4.42. The predicted octanol–water partition coefficient (Wildman–Crippen LogP) is 4.44. The third kappa shape index (κ3) is 6.12. The van der Waals surface area contributed by atoms with Gasteiger partial charge in [-0.2, -0.15) is 0 Å². The van der Waals surface area contributed by atoms with Crippen LogP contribution in [0.5, 0.6) is 11.5 Å². The number of fused-ring (bicyclic) bond motifs is 1. The van der Waals surface area contributed by atoms with Crippen LogP contribution in [-0.4, -0.2) is 55.5 Å². The molecule has 1 aliphatic heterocycles. The Hall–Kier alpha value is -1.89. The van der Waals surface area contributed by atoms with Crippen LogP contribution in [-0.2, 0) is 4.57 Å². The summed E-state index contributed by atoms with van der Waals surface area (Å²) in [5, 5.41) is 7.56. The van der Waals surface area contributed by atoms with E-state index in [1.54, 1.807) is 20.5 Å². The monoisotopic (exact) mass is 463 g/mol. The van der Waals surface area contributed by atoms with E-state index in [9.17, 15) is 4.57 Å². The van der Waals surface area contributed by atoms with Crippen LogP contribution in [0.4, 0.5) is 5.82 Å². The molecule has 1 aromatic heterocycles. The highest BCUT2D eigenvalue weighted by atomic mass is 31.2. The van der Waals surface area contributed by atoms with Gasteiger partial charge < -0.3 is 14.4 Å². The molecule has 1 aliphatic rings. The maximum atomic E-state index is 13.3. The summed E-state index contributed by atoms with van der Waals surface area (Å²) >= 11 is 0. The van der Waals surface area contributed by atoms with Crippen molar-refractivity contribution in [2.24, 2.45) is 5.92 Å². The first-order valence-corrected chi connectivity index (χ1v) is 13.4. The number of nitrogens with one attached hydrogen (secondary N) is 2. The molecule has 1 saturated heterocycles. The van der Waals surface area contributed by atoms with Gasteiger partial charge in [-0.25, -0.2) is 9.97 Å². The van der Waals surface area contributed by atoms with E-state index in [4.69, 9.17) is 9.47 Å². The van der Waals surface area contributed by atoms with Gasteiger partial charge in [-0.15, -0.1) is 0 Å². The van der Waals surface area contributed by atoms with Crippen LogP contribution in [0.3, 0.4) is 0 Å². The minimum absolute atomic E-state index is 0.190. The molecule has 0 unspecified atom stereocenters. The third-order valence-corrected chi connectivity index (χ3v) is 8.57. The minimum Gasteiger partial charge on any atom is -0.493 e. The lowest BCUT2D eigenvalue weighted by Crippen LogP contribution is -2.36. The summed E-state index contributed by atoms with van der Waals surface area (Å²) in [7, 11) is 0.685. The van der Waals surface area contributed by atoms with Crippen LogP contribution < -0.4 is 24.5 Å². The number of nitrogens with zero attached hydrogens (tertiary/aromatic N) is 3. The lowest BCUT2D eigenvalue weighted by atomic mass is 9.94. The van der Waals surface area contributed by atoms with E-state index in [1.807, 2.05) is 39.8 Å². The predicted molar refractivity (Wildman–Crippen MR) is 131 cm³/mol. The first-order chi connectivity index (χ1) is 15.2. The molecule has 178 valence electrons. The van der Waals surface area contributed by atoms with E-state index < -0.39 is 7.44 Å². The Labute approximate surface area is 192 Å². The molecule has 8 nitrogen and oxygen atoms in total. The van der Waals surface area contributed by atoms with Gasteiger partial charge >= 0.3 is 0 Å². The summed E-state index contributed by atoms with van der Waals surface area (Å²) in [6, 6.07) is 4.24. The van der Waals surface area contributed by atoms with Crippen molar-refractivity contribution in [1.82, 2.24) is 20.1 Å². The molecule has 2 N–H and O–H groups in total. The number of hydrogen-bond donors (Lipinski definition) is 2. The molecule has 32 heavy (non-hydrogen) atoms. The van der Waals surface area contributed by atoms with E-state index >= 15 is 0 Å². The van der Waals surface area contributed by atoms with Crippen LogP contribution in [0.25, 0.3) is 10.9 Å². The number of piperidine rings is 1. The molecule has 0 atom stereocenters. The second kappa shape index (κ2) is 10.8. The molecule has 0 bridgehead atoms. The largest absolute Gasteiger partial charge is 0.493 e. The second-order valence-corrected chi connectivity index (χ2v) is 11.6. The Balaban J connectivity index is 1.67. The lowest BCUT2D eigenvalue weighted by molar-refractivity contribution is 0.355. The number of aromatic nitrogens is 2. The van der Waals surface area contributed by atoms with Gasteiger partial charge in [-0.05, 0) is 58.9 Å². The van der Waals surface area contributed by atoms with Gasteiger partial charge in [-0.3, -0.25) is 14.7 Å². The van der Waals surface area contributed by atoms with E-state index in [2.05, 4.69) is 25.0 Å². The highest BCUT2D eigenvalue weighted by Crippen LogP contribution is 2.41. The van der Waals surface area contributed by atoms with Gasteiger partial charge in [0.05, 0.1) is 19.7 Å². The number of anilines is 1. The van der Waals surface area contributed by atoms with Gasteiger partial charge in [0, 0.05) is 42.8 Å². The number of ether oxygens (including phenoxy) is 2. The van der Waals surface area contributed by atoms with Crippen molar-refractivity contribution in [3.05, 3.63) is 18.5 Å². The first kappa shape index (κ1) is 24.7. The Morgan fingerprint density at radius 1 is 1.03 bits per heavy atom. The van der Waals surface area contributed by atoms with Crippen LogP contribution >= 0.6 is 7.44 Å². The minimum atomic E-state index is -2.58. The summed E-state index contributed by atoms with van der Waals surface area (Å²) in [6.07, 6.45) is 5.37. The van der Waals surface area contributed by atoms with E-state index in [0.29, 0.717) is 23.6 Å². The SMILES string of the molecule is COc1cc2ncnc(N3CCC(CCP(=O)(NC(C)C)NC(C)C)CC3)c2cc1OC. The Kier molecular flexibility index (Phi) is 8.37. The van der Waals surface area contributed by atoms with Crippen molar-refractivity contribution in [3.8, 4) is 11.5 Å². The molecule has 0 amide bonds. The maximum absolute atomic E-state index is 13.3. The van der Waals surface area contributed by atoms with E-state index in [-0.39, 0.29) is 12.1 Å². The van der Waals surface area contributed by atoms with Crippen molar-refractivity contribution >= 4 is 24.2 Å². The molecule has 2 aromatic rings. The zero-order valence-electron chi connectivity index (χ0n) is 20.2. The van der Waals surface area contributed by atoms with Crippen LogP contribution in [0.15, 0.2) is 18.5 Å². The van der Waals surface area contributed by atoms with Gasteiger partial charge in [0.1, 0.15) is 12.1 Å². The first-order valence-electron chi connectivity index (χ1n) is 11.5. The molecule has 3 rings (SSSR count). The molecule has 9 heteroatoms. The van der Waals surface area contributed by atoms with Crippen molar-refractivity contribution in [2.45, 2.75) is 59.0 Å². The standard InChI is InChI=1S/C23H38N5O3P/c1-16(2)26-32(29,27-17(3)4)12-9-18-7-10-28(11-8-18)23-19-13-21(30-5)22(31-6)14-20(19)24-15-25-23/h13-18H,7-12H2,1-6H3,(H2,26,27,29). The summed E-state index contributed by atoms with van der Waals surface area (Å²) in [5.74, 6) is 2.84. The van der Waals surface area contributed by atoms with E-state index in [1.165, 1.54) is 0 Å². The van der Waals surface area contributed by atoms with Crippen molar-refractivity contribution in [2.75, 3.05) is 38.4 Å². The fraction of sp³-hybridized carbons (Fsp3) is 0.652. The lowest BCUT2D eigenvalue weighted by Gasteiger charge is -2.34. The van der Waals surface area contributed by atoms with Gasteiger partial charge in [0.15, 0.2) is 11.5 Å². The maximum Gasteiger partial charge on any atom is 0.211 e. The van der Waals surface area contributed by atoms with Gasteiger partial charge in [-0.1, -0.05) is 0 Å². The van der Waals surface area contributed by atoms with Gasteiger partial charge in [0.2, 0.25) is 7.44 Å². The quantitative estimate of drug-likeness (QED) is 0.500. The average molecular weight is 464 g/mol. The smallest absolute Gasteiger partial charge is 0.211 e. The molecular formula is C23H38N5O3P. The van der Waals surface area contributed by atoms with Crippen molar-refractivity contribution in [3.63, 3.8) is 0 Å². The number of methoxy groups -OCH3 is 2. The van der Waals surface area contributed by atoms with Crippen LogP contribution in [0, 0.1) is 5.92 Å². The summed E-state index contributed by atoms with van der Waals surface area (Å²) < 4.78 is 24.2.